The molecule has 1 N–H and O–H groups in total. The van der Waals surface area contributed by atoms with Gasteiger partial charge in [0.05, 0.1) is 5.69 Å². The zero-order valence-electron chi connectivity index (χ0n) is 16.4. The van der Waals surface area contributed by atoms with Crippen molar-refractivity contribution in [3.63, 3.8) is 0 Å². The molecular formula is C23H27N5. The Morgan fingerprint density at radius 3 is 2.14 bits per heavy atom. The van der Waals surface area contributed by atoms with E-state index >= 15 is 0 Å². The first-order valence-electron chi connectivity index (χ1n) is 10.1. The van der Waals surface area contributed by atoms with E-state index in [4.69, 9.17) is 9.97 Å². The number of para-hydroxylation sites is 1. The van der Waals surface area contributed by atoms with Crippen LogP contribution in [0.5, 0.6) is 0 Å². The predicted molar refractivity (Wildman–Crippen MR) is 117 cm³/mol. The molecule has 0 atom stereocenters. The number of hydrogen-bond donors (Lipinski definition) is 1. The van der Waals surface area contributed by atoms with Crippen LogP contribution in [0.3, 0.4) is 0 Å². The minimum atomic E-state index is 0.712. The van der Waals surface area contributed by atoms with Crippen molar-refractivity contribution in [1.29, 1.82) is 0 Å². The maximum atomic E-state index is 4.80. The third kappa shape index (κ3) is 4.25. The summed E-state index contributed by atoms with van der Waals surface area (Å²) in [5.41, 5.74) is 3.38. The van der Waals surface area contributed by atoms with Gasteiger partial charge in [-0.25, -0.2) is 4.98 Å². The molecule has 0 radical (unpaired) electrons. The fraction of sp³-hybridized carbons (Fsp3) is 0.304. The van der Waals surface area contributed by atoms with E-state index in [1.807, 2.05) is 6.07 Å². The third-order valence-corrected chi connectivity index (χ3v) is 5.04. The summed E-state index contributed by atoms with van der Waals surface area (Å²) in [5, 5.41) is 3.36. The molecule has 4 rings (SSSR count). The number of nitrogens with zero attached hydrogens (tertiary/aromatic N) is 4. The molecule has 1 saturated heterocycles. The highest BCUT2D eigenvalue weighted by Gasteiger charge is 2.20. The zero-order chi connectivity index (χ0) is 19.2. The lowest BCUT2D eigenvalue weighted by atomic mass is 10.1. The zero-order valence-corrected chi connectivity index (χ0v) is 16.4. The van der Waals surface area contributed by atoms with Crippen LogP contribution in [0.2, 0.25) is 0 Å². The summed E-state index contributed by atoms with van der Waals surface area (Å²) >= 11 is 0. The minimum absolute atomic E-state index is 0.712. The van der Waals surface area contributed by atoms with Gasteiger partial charge in [0.1, 0.15) is 5.82 Å². The molecule has 1 fully saturated rings. The van der Waals surface area contributed by atoms with Gasteiger partial charge in [-0.2, -0.15) is 4.98 Å². The lowest BCUT2D eigenvalue weighted by Gasteiger charge is -2.37. The molecule has 0 unspecified atom stereocenters. The molecule has 2 heterocycles. The Hall–Kier alpha value is -3.08. The molecule has 1 aromatic heterocycles. The Balaban J connectivity index is 1.55. The lowest BCUT2D eigenvalue weighted by molar-refractivity contribution is 0.647. The topological polar surface area (TPSA) is 44.3 Å². The molecule has 5 nitrogen and oxygen atoms in total. The van der Waals surface area contributed by atoms with E-state index < -0.39 is 0 Å². The molecule has 0 bridgehead atoms. The SMILES string of the molecule is CCCNc1nc(-c2ccccc2)cc(N2CCN(c3ccccc3)CC2)n1. The highest BCUT2D eigenvalue weighted by Crippen LogP contribution is 2.25. The Morgan fingerprint density at radius 1 is 0.821 bits per heavy atom. The second kappa shape index (κ2) is 8.74. The Bertz CT molecular complexity index is 874. The van der Waals surface area contributed by atoms with E-state index in [0.717, 1.165) is 56.2 Å². The summed E-state index contributed by atoms with van der Waals surface area (Å²) in [5.74, 6) is 1.71. The molecule has 1 aliphatic heterocycles. The average Bonchev–Trinajstić information content (AvgIpc) is 2.79. The number of benzene rings is 2. The van der Waals surface area contributed by atoms with Crippen LogP contribution in [0, 0.1) is 0 Å². The smallest absolute Gasteiger partial charge is 0.225 e. The van der Waals surface area contributed by atoms with Crippen molar-refractivity contribution in [1.82, 2.24) is 9.97 Å². The summed E-state index contributed by atoms with van der Waals surface area (Å²) < 4.78 is 0. The molecule has 1 aliphatic rings. The first kappa shape index (κ1) is 18.3. The van der Waals surface area contributed by atoms with Crippen LogP contribution in [0.25, 0.3) is 11.3 Å². The van der Waals surface area contributed by atoms with Gasteiger partial charge in [-0.05, 0) is 18.6 Å². The Kier molecular flexibility index (Phi) is 5.71. The lowest BCUT2D eigenvalue weighted by Crippen LogP contribution is -2.46. The van der Waals surface area contributed by atoms with E-state index in [-0.39, 0.29) is 0 Å². The highest BCUT2D eigenvalue weighted by atomic mass is 15.3. The largest absolute Gasteiger partial charge is 0.368 e. The molecule has 2 aromatic carbocycles. The van der Waals surface area contributed by atoms with Gasteiger partial charge in [0.15, 0.2) is 0 Å². The standard InChI is InChI=1S/C23H27N5/c1-2-13-24-23-25-21(19-9-5-3-6-10-19)18-22(26-23)28-16-14-27(15-17-28)20-11-7-4-8-12-20/h3-12,18H,2,13-17H2,1H3,(H,24,25,26). The Morgan fingerprint density at radius 2 is 1.46 bits per heavy atom. The van der Waals surface area contributed by atoms with Crippen molar-refractivity contribution in [3.8, 4) is 11.3 Å². The van der Waals surface area contributed by atoms with Crippen molar-refractivity contribution in [3.05, 3.63) is 66.7 Å². The van der Waals surface area contributed by atoms with Gasteiger partial charge in [0.2, 0.25) is 5.95 Å². The summed E-state index contributed by atoms with van der Waals surface area (Å²) in [7, 11) is 0. The molecule has 144 valence electrons. The summed E-state index contributed by atoms with van der Waals surface area (Å²) in [4.78, 5) is 14.3. The first-order chi connectivity index (χ1) is 13.8. The predicted octanol–water partition coefficient (Wildman–Crippen LogP) is 4.29. The second-order valence-corrected chi connectivity index (χ2v) is 7.04. The fourth-order valence-electron chi connectivity index (χ4n) is 3.50. The van der Waals surface area contributed by atoms with Gasteiger partial charge >= 0.3 is 0 Å². The van der Waals surface area contributed by atoms with Crippen molar-refractivity contribution in [2.75, 3.05) is 47.8 Å². The second-order valence-electron chi connectivity index (χ2n) is 7.04. The highest BCUT2D eigenvalue weighted by molar-refractivity contribution is 5.65. The van der Waals surface area contributed by atoms with Crippen LogP contribution in [0.15, 0.2) is 66.7 Å². The molecule has 0 spiro atoms. The van der Waals surface area contributed by atoms with Crippen LogP contribution >= 0.6 is 0 Å². The molecule has 0 amide bonds. The van der Waals surface area contributed by atoms with Gasteiger partial charge in [-0.15, -0.1) is 0 Å². The molecule has 0 aliphatic carbocycles. The maximum absolute atomic E-state index is 4.80. The first-order valence-corrected chi connectivity index (χ1v) is 10.1. The number of hydrogen-bond acceptors (Lipinski definition) is 5. The van der Waals surface area contributed by atoms with Gasteiger partial charge in [-0.1, -0.05) is 55.5 Å². The normalized spacial score (nSPS) is 14.2. The van der Waals surface area contributed by atoms with Crippen LogP contribution in [-0.4, -0.2) is 42.7 Å². The van der Waals surface area contributed by atoms with Crippen molar-refractivity contribution >= 4 is 17.5 Å². The third-order valence-electron chi connectivity index (χ3n) is 5.04. The number of rotatable bonds is 6. The van der Waals surface area contributed by atoms with E-state index in [2.05, 4.69) is 82.7 Å². The monoisotopic (exact) mass is 373 g/mol. The number of piperazine rings is 1. The van der Waals surface area contributed by atoms with Crippen LogP contribution in [-0.2, 0) is 0 Å². The number of nitrogens with one attached hydrogen (secondary N) is 1. The minimum Gasteiger partial charge on any atom is -0.368 e. The number of aromatic nitrogens is 2. The van der Waals surface area contributed by atoms with Crippen molar-refractivity contribution < 1.29 is 0 Å². The van der Waals surface area contributed by atoms with Crippen LogP contribution in [0.4, 0.5) is 17.5 Å². The van der Waals surface area contributed by atoms with Gasteiger partial charge in [0.25, 0.3) is 0 Å². The van der Waals surface area contributed by atoms with Crippen molar-refractivity contribution in [2.24, 2.45) is 0 Å². The summed E-state index contributed by atoms with van der Waals surface area (Å²) in [6, 6.07) is 23.1. The van der Waals surface area contributed by atoms with Gasteiger partial charge in [0, 0.05) is 50.0 Å². The summed E-state index contributed by atoms with van der Waals surface area (Å²) in [6.45, 7) is 6.91. The molecule has 3 aromatic rings. The Labute approximate surface area is 167 Å². The quantitative estimate of drug-likeness (QED) is 0.698. The molecule has 28 heavy (non-hydrogen) atoms. The van der Waals surface area contributed by atoms with Crippen LogP contribution < -0.4 is 15.1 Å². The average molecular weight is 374 g/mol. The number of anilines is 3. The van der Waals surface area contributed by atoms with Gasteiger partial charge < -0.3 is 15.1 Å². The summed E-state index contributed by atoms with van der Waals surface area (Å²) in [6.07, 6.45) is 1.05. The van der Waals surface area contributed by atoms with E-state index in [1.54, 1.807) is 0 Å². The molecule has 5 heteroatoms. The maximum Gasteiger partial charge on any atom is 0.225 e. The van der Waals surface area contributed by atoms with Gasteiger partial charge in [-0.3, -0.25) is 0 Å². The molecular weight excluding hydrogens is 346 g/mol. The van der Waals surface area contributed by atoms with Crippen molar-refractivity contribution in [2.45, 2.75) is 13.3 Å². The van der Waals surface area contributed by atoms with Crippen LogP contribution in [0.1, 0.15) is 13.3 Å². The van der Waals surface area contributed by atoms with E-state index in [9.17, 15) is 0 Å². The van der Waals surface area contributed by atoms with E-state index in [0.29, 0.717) is 5.95 Å². The molecule has 0 saturated carbocycles. The fourth-order valence-corrected chi connectivity index (χ4v) is 3.50. The van der Waals surface area contributed by atoms with E-state index in [1.165, 1.54) is 5.69 Å².